The van der Waals surface area contributed by atoms with E-state index in [4.69, 9.17) is 0 Å². The highest BCUT2D eigenvalue weighted by atomic mass is 28.3. The van der Waals surface area contributed by atoms with Crippen LogP contribution in [0.4, 0.5) is 0 Å². The SMILES string of the molecule is CC(C)c1ccccc1C#C[Si](C)(C)C. The Morgan fingerprint density at radius 2 is 1.67 bits per heavy atom. The molecule has 80 valence electrons. The maximum absolute atomic E-state index is 3.42. The Kier molecular flexibility index (Phi) is 3.76. The lowest BCUT2D eigenvalue weighted by Crippen LogP contribution is -2.16. The molecule has 0 nitrogen and oxygen atoms in total. The molecule has 0 saturated heterocycles. The minimum atomic E-state index is -1.26. The van der Waals surface area contributed by atoms with Crippen molar-refractivity contribution in [1.82, 2.24) is 0 Å². The van der Waals surface area contributed by atoms with Crippen molar-refractivity contribution in [3.8, 4) is 11.5 Å². The molecule has 0 saturated carbocycles. The summed E-state index contributed by atoms with van der Waals surface area (Å²) < 4.78 is 0. The van der Waals surface area contributed by atoms with E-state index in [0.717, 1.165) is 0 Å². The molecule has 15 heavy (non-hydrogen) atoms. The largest absolute Gasteiger partial charge is 0.129 e. The van der Waals surface area contributed by atoms with Crippen molar-refractivity contribution in [3.63, 3.8) is 0 Å². The summed E-state index contributed by atoms with van der Waals surface area (Å²) in [7, 11) is -1.26. The molecule has 0 aliphatic carbocycles. The summed E-state index contributed by atoms with van der Waals surface area (Å²) in [6.07, 6.45) is 0. The van der Waals surface area contributed by atoms with Crippen molar-refractivity contribution in [2.24, 2.45) is 0 Å². The third-order valence-electron chi connectivity index (χ3n) is 2.15. The minimum Gasteiger partial charge on any atom is -0.127 e. The normalized spacial score (nSPS) is 11.1. The van der Waals surface area contributed by atoms with Crippen molar-refractivity contribution in [2.45, 2.75) is 39.4 Å². The summed E-state index contributed by atoms with van der Waals surface area (Å²) in [6.45, 7) is 11.3. The Balaban J connectivity index is 3.08. The van der Waals surface area contributed by atoms with Crippen molar-refractivity contribution in [2.75, 3.05) is 0 Å². The van der Waals surface area contributed by atoms with Crippen LogP contribution in [-0.2, 0) is 0 Å². The Morgan fingerprint density at radius 1 is 1.07 bits per heavy atom. The van der Waals surface area contributed by atoms with Gasteiger partial charge >= 0.3 is 0 Å². The van der Waals surface area contributed by atoms with Gasteiger partial charge in [0.05, 0.1) is 0 Å². The van der Waals surface area contributed by atoms with Gasteiger partial charge in [0.2, 0.25) is 0 Å². The van der Waals surface area contributed by atoms with E-state index in [2.05, 4.69) is 69.2 Å². The van der Waals surface area contributed by atoms with Gasteiger partial charge in [0.1, 0.15) is 8.07 Å². The van der Waals surface area contributed by atoms with Gasteiger partial charge in [-0.2, -0.15) is 0 Å². The minimum absolute atomic E-state index is 0.553. The molecule has 0 atom stereocenters. The third-order valence-corrected chi connectivity index (χ3v) is 3.03. The first-order chi connectivity index (χ1) is 6.90. The average Bonchev–Trinajstić information content (AvgIpc) is 2.14. The second kappa shape index (κ2) is 4.68. The van der Waals surface area contributed by atoms with E-state index in [-0.39, 0.29) is 0 Å². The van der Waals surface area contributed by atoms with Gasteiger partial charge in [0, 0.05) is 5.56 Å². The third kappa shape index (κ3) is 3.93. The van der Waals surface area contributed by atoms with Crippen LogP contribution in [0.1, 0.15) is 30.9 Å². The fourth-order valence-electron chi connectivity index (χ4n) is 1.37. The second-order valence-electron chi connectivity index (χ2n) is 5.24. The molecule has 0 unspecified atom stereocenters. The van der Waals surface area contributed by atoms with E-state index in [1.165, 1.54) is 11.1 Å². The highest BCUT2D eigenvalue weighted by Crippen LogP contribution is 2.18. The maximum Gasteiger partial charge on any atom is 0.129 e. The van der Waals surface area contributed by atoms with E-state index < -0.39 is 8.07 Å². The Hall–Kier alpha value is -1.00. The van der Waals surface area contributed by atoms with Crippen LogP contribution in [0.3, 0.4) is 0 Å². The van der Waals surface area contributed by atoms with Gasteiger partial charge in [-0.25, -0.2) is 0 Å². The van der Waals surface area contributed by atoms with Crippen molar-refractivity contribution >= 4 is 8.07 Å². The summed E-state index contributed by atoms with van der Waals surface area (Å²) in [5, 5.41) is 0. The second-order valence-corrected chi connectivity index (χ2v) is 9.99. The molecule has 0 N–H and O–H groups in total. The van der Waals surface area contributed by atoms with Crippen LogP contribution >= 0.6 is 0 Å². The van der Waals surface area contributed by atoms with Crippen LogP contribution in [0.5, 0.6) is 0 Å². The molecular formula is C14H20Si. The monoisotopic (exact) mass is 216 g/mol. The van der Waals surface area contributed by atoms with Gasteiger partial charge in [-0.05, 0) is 17.5 Å². The van der Waals surface area contributed by atoms with Crippen LogP contribution in [-0.4, -0.2) is 8.07 Å². The zero-order chi connectivity index (χ0) is 11.5. The van der Waals surface area contributed by atoms with Crippen molar-refractivity contribution in [3.05, 3.63) is 35.4 Å². The molecule has 1 heteroatoms. The first kappa shape index (κ1) is 12.1. The van der Waals surface area contributed by atoms with Crippen molar-refractivity contribution < 1.29 is 0 Å². The zero-order valence-corrected chi connectivity index (χ0v) is 11.4. The lowest BCUT2D eigenvalue weighted by Gasteiger charge is -2.09. The predicted molar refractivity (Wildman–Crippen MR) is 70.8 cm³/mol. The van der Waals surface area contributed by atoms with Crippen LogP contribution in [0.2, 0.25) is 19.6 Å². The molecule has 0 fully saturated rings. The number of rotatable bonds is 1. The van der Waals surface area contributed by atoms with Gasteiger partial charge in [-0.1, -0.05) is 57.6 Å². The summed E-state index contributed by atoms with van der Waals surface area (Å²) in [5.74, 6) is 3.90. The predicted octanol–water partition coefficient (Wildman–Crippen LogP) is 4.04. The number of hydrogen-bond acceptors (Lipinski definition) is 0. The standard InChI is InChI=1S/C14H20Si/c1-12(2)14-9-7-6-8-13(14)10-11-15(3,4)5/h6-9,12H,1-5H3. The summed E-state index contributed by atoms with van der Waals surface area (Å²) in [5.41, 5.74) is 5.99. The van der Waals surface area contributed by atoms with Crippen molar-refractivity contribution in [1.29, 1.82) is 0 Å². The van der Waals surface area contributed by atoms with E-state index in [1.807, 2.05) is 0 Å². The van der Waals surface area contributed by atoms with Gasteiger partial charge in [0.15, 0.2) is 0 Å². The highest BCUT2D eigenvalue weighted by molar-refractivity contribution is 6.83. The fraction of sp³-hybridized carbons (Fsp3) is 0.429. The van der Waals surface area contributed by atoms with Gasteiger partial charge in [-0.15, -0.1) is 5.54 Å². The Bertz CT molecular complexity index is 386. The highest BCUT2D eigenvalue weighted by Gasteiger charge is 2.08. The zero-order valence-electron chi connectivity index (χ0n) is 10.4. The van der Waals surface area contributed by atoms with Crippen LogP contribution in [0, 0.1) is 11.5 Å². The van der Waals surface area contributed by atoms with E-state index >= 15 is 0 Å². The first-order valence-corrected chi connectivity index (χ1v) is 9.02. The molecule has 0 heterocycles. The molecular weight excluding hydrogens is 196 g/mol. The van der Waals surface area contributed by atoms with Crippen LogP contribution < -0.4 is 0 Å². The molecule has 1 aromatic rings. The first-order valence-electron chi connectivity index (χ1n) is 5.52. The van der Waals surface area contributed by atoms with E-state index in [9.17, 15) is 0 Å². The summed E-state index contributed by atoms with van der Waals surface area (Å²) in [6, 6.07) is 8.47. The molecule has 0 aliphatic rings. The topological polar surface area (TPSA) is 0 Å². The maximum atomic E-state index is 3.42. The molecule has 0 spiro atoms. The van der Waals surface area contributed by atoms with Gasteiger partial charge in [-0.3, -0.25) is 0 Å². The molecule has 0 aromatic heterocycles. The molecule has 1 rings (SSSR count). The lowest BCUT2D eigenvalue weighted by molar-refractivity contribution is 0.863. The lowest BCUT2D eigenvalue weighted by atomic mass is 9.98. The smallest absolute Gasteiger partial charge is 0.127 e. The Morgan fingerprint density at radius 3 is 2.20 bits per heavy atom. The summed E-state index contributed by atoms with van der Waals surface area (Å²) in [4.78, 5) is 0. The average molecular weight is 216 g/mol. The van der Waals surface area contributed by atoms with Crippen LogP contribution in [0.25, 0.3) is 0 Å². The molecule has 0 radical (unpaired) electrons. The molecule has 0 aliphatic heterocycles. The quantitative estimate of drug-likeness (QED) is 0.491. The number of benzene rings is 1. The summed E-state index contributed by atoms with van der Waals surface area (Å²) >= 11 is 0. The fourth-order valence-corrected chi connectivity index (χ4v) is 1.88. The van der Waals surface area contributed by atoms with E-state index in [1.54, 1.807) is 0 Å². The van der Waals surface area contributed by atoms with E-state index in [0.29, 0.717) is 5.92 Å². The molecule has 0 amide bonds. The van der Waals surface area contributed by atoms with Gasteiger partial charge < -0.3 is 0 Å². The van der Waals surface area contributed by atoms with Gasteiger partial charge in [0.25, 0.3) is 0 Å². The molecule has 0 bridgehead atoms. The Labute approximate surface area is 94.7 Å². The van der Waals surface area contributed by atoms with Crippen LogP contribution in [0.15, 0.2) is 24.3 Å². The number of hydrogen-bond donors (Lipinski definition) is 0. The molecule has 1 aromatic carbocycles.